The van der Waals surface area contributed by atoms with Crippen molar-refractivity contribution >= 4 is 5.91 Å². The van der Waals surface area contributed by atoms with Gasteiger partial charge in [-0.2, -0.15) is 18.3 Å². The van der Waals surface area contributed by atoms with Crippen LogP contribution in [0.4, 0.5) is 13.2 Å². The average Bonchev–Trinajstić information content (AvgIpc) is 3.04. The van der Waals surface area contributed by atoms with E-state index in [1.54, 1.807) is 19.1 Å². The summed E-state index contributed by atoms with van der Waals surface area (Å²) in [6.45, 7) is 4.28. The van der Waals surface area contributed by atoms with Crippen LogP contribution in [0.25, 0.3) is 0 Å². The number of carbonyl (C=O) groups excluding carboxylic acids is 1. The third kappa shape index (κ3) is 3.86. The minimum Gasteiger partial charge on any atom is -0.496 e. The standard InChI is InChI=1S/C20H24F3N3O2/c1-11-7-13(8-12(2)17(11)28-4)10-26(3)19(27)14-5-6-16-15(9-14)18(25-24-16)20(21,22)23/h7-8,14H,5-6,9-10H2,1-4H3,(H,24,25)/t14-/m1/s1. The Morgan fingerprint density at radius 2 is 1.96 bits per heavy atom. The Hall–Kier alpha value is -2.51. The molecule has 0 spiro atoms. The predicted molar refractivity (Wildman–Crippen MR) is 98.0 cm³/mol. The highest BCUT2D eigenvalue weighted by Gasteiger charge is 2.40. The molecule has 1 aliphatic rings. The second kappa shape index (κ2) is 7.48. The number of H-pyrrole nitrogens is 1. The van der Waals surface area contributed by atoms with Gasteiger partial charge in [-0.15, -0.1) is 0 Å². The van der Waals surface area contributed by atoms with Crippen LogP contribution in [0.2, 0.25) is 0 Å². The molecule has 152 valence electrons. The van der Waals surface area contributed by atoms with E-state index >= 15 is 0 Å². The molecule has 3 rings (SSSR count). The lowest BCUT2D eigenvalue weighted by Crippen LogP contribution is -2.35. The average molecular weight is 395 g/mol. The maximum Gasteiger partial charge on any atom is 0.435 e. The number of halogens is 3. The third-order valence-corrected chi connectivity index (χ3v) is 5.28. The number of aryl methyl sites for hydroxylation is 3. The number of methoxy groups -OCH3 is 1. The van der Waals surface area contributed by atoms with Gasteiger partial charge in [0.2, 0.25) is 5.91 Å². The first-order chi connectivity index (χ1) is 13.1. The number of nitrogens with zero attached hydrogens (tertiary/aromatic N) is 2. The zero-order valence-corrected chi connectivity index (χ0v) is 16.4. The van der Waals surface area contributed by atoms with Crippen molar-refractivity contribution in [1.82, 2.24) is 15.1 Å². The third-order valence-electron chi connectivity index (χ3n) is 5.28. The van der Waals surface area contributed by atoms with Crippen LogP contribution in [0.15, 0.2) is 12.1 Å². The number of hydrogen-bond acceptors (Lipinski definition) is 3. The van der Waals surface area contributed by atoms with Crippen molar-refractivity contribution in [2.24, 2.45) is 5.92 Å². The molecule has 1 atom stereocenters. The second-order valence-electron chi connectivity index (χ2n) is 7.42. The Balaban J connectivity index is 1.74. The summed E-state index contributed by atoms with van der Waals surface area (Å²) in [5.74, 6) is 0.194. The molecule has 1 amide bonds. The molecule has 0 aliphatic heterocycles. The van der Waals surface area contributed by atoms with Gasteiger partial charge in [0.15, 0.2) is 5.69 Å². The monoisotopic (exact) mass is 395 g/mol. The number of aromatic nitrogens is 2. The molecule has 5 nitrogen and oxygen atoms in total. The smallest absolute Gasteiger partial charge is 0.435 e. The molecule has 0 radical (unpaired) electrons. The largest absolute Gasteiger partial charge is 0.496 e. The summed E-state index contributed by atoms with van der Waals surface area (Å²) >= 11 is 0. The fraction of sp³-hybridized carbons (Fsp3) is 0.500. The number of fused-ring (bicyclic) bond motifs is 1. The minimum absolute atomic E-state index is 0.0600. The number of hydrogen-bond donors (Lipinski definition) is 1. The van der Waals surface area contributed by atoms with Crippen LogP contribution in [-0.4, -0.2) is 35.2 Å². The van der Waals surface area contributed by atoms with Gasteiger partial charge in [0.1, 0.15) is 5.75 Å². The van der Waals surface area contributed by atoms with E-state index in [-0.39, 0.29) is 17.9 Å². The van der Waals surface area contributed by atoms with Crippen LogP contribution in [0.3, 0.4) is 0 Å². The van der Waals surface area contributed by atoms with Crippen molar-refractivity contribution in [1.29, 1.82) is 0 Å². The number of rotatable bonds is 4. The van der Waals surface area contributed by atoms with Gasteiger partial charge in [-0.3, -0.25) is 9.89 Å². The number of aromatic amines is 1. The van der Waals surface area contributed by atoms with E-state index in [4.69, 9.17) is 4.74 Å². The quantitative estimate of drug-likeness (QED) is 0.856. The zero-order chi connectivity index (χ0) is 20.6. The van der Waals surface area contributed by atoms with E-state index in [9.17, 15) is 18.0 Å². The lowest BCUT2D eigenvalue weighted by atomic mass is 9.85. The number of nitrogens with one attached hydrogen (secondary N) is 1. The molecule has 1 aliphatic carbocycles. The molecule has 0 unspecified atom stereocenters. The lowest BCUT2D eigenvalue weighted by molar-refractivity contribution is -0.142. The number of alkyl halides is 3. The van der Waals surface area contributed by atoms with Crippen molar-refractivity contribution in [2.45, 2.75) is 45.8 Å². The van der Waals surface area contributed by atoms with Gasteiger partial charge in [-0.05, 0) is 49.8 Å². The highest BCUT2D eigenvalue weighted by atomic mass is 19.4. The molecule has 0 bridgehead atoms. The highest BCUT2D eigenvalue weighted by Crippen LogP contribution is 2.36. The SMILES string of the molecule is COc1c(C)cc(CN(C)C(=O)[C@@H]2CCc3[nH]nc(C(F)(F)F)c3C2)cc1C. The fourth-order valence-corrected chi connectivity index (χ4v) is 4.06. The van der Waals surface area contributed by atoms with Crippen LogP contribution in [-0.2, 0) is 30.4 Å². The Labute approximate surface area is 161 Å². The molecular formula is C20H24F3N3O2. The highest BCUT2D eigenvalue weighted by molar-refractivity contribution is 5.79. The molecule has 0 saturated heterocycles. The van der Waals surface area contributed by atoms with Crippen molar-refractivity contribution in [3.63, 3.8) is 0 Å². The molecule has 28 heavy (non-hydrogen) atoms. The summed E-state index contributed by atoms with van der Waals surface area (Å²) in [4.78, 5) is 14.5. The van der Waals surface area contributed by atoms with E-state index in [1.807, 2.05) is 26.0 Å². The first-order valence-corrected chi connectivity index (χ1v) is 9.14. The summed E-state index contributed by atoms with van der Waals surface area (Å²) in [6.07, 6.45) is -3.55. The number of amides is 1. The molecule has 0 fully saturated rings. The van der Waals surface area contributed by atoms with Crippen LogP contribution >= 0.6 is 0 Å². The maximum atomic E-state index is 13.1. The minimum atomic E-state index is -4.51. The van der Waals surface area contributed by atoms with E-state index in [1.165, 1.54) is 0 Å². The summed E-state index contributed by atoms with van der Waals surface area (Å²) < 4.78 is 44.8. The summed E-state index contributed by atoms with van der Waals surface area (Å²) in [6, 6.07) is 3.93. The number of benzene rings is 1. The first-order valence-electron chi connectivity index (χ1n) is 9.14. The Kier molecular flexibility index (Phi) is 5.41. The van der Waals surface area contributed by atoms with Gasteiger partial charge in [0.25, 0.3) is 0 Å². The second-order valence-corrected chi connectivity index (χ2v) is 7.42. The lowest BCUT2D eigenvalue weighted by Gasteiger charge is -2.27. The van der Waals surface area contributed by atoms with Gasteiger partial charge >= 0.3 is 6.18 Å². The summed E-state index contributed by atoms with van der Waals surface area (Å²) in [7, 11) is 3.31. The van der Waals surface area contributed by atoms with E-state index in [2.05, 4.69) is 10.2 Å². The van der Waals surface area contributed by atoms with E-state index in [0.717, 1.165) is 22.4 Å². The molecule has 1 N–H and O–H groups in total. The Morgan fingerprint density at radius 3 is 2.54 bits per heavy atom. The topological polar surface area (TPSA) is 58.2 Å². The van der Waals surface area contributed by atoms with Crippen molar-refractivity contribution < 1.29 is 22.7 Å². The van der Waals surface area contributed by atoms with Crippen LogP contribution in [0, 0.1) is 19.8 Å². The van der Waals surface area contributed by atoms with Gasteiger partial charge in [0, 0.05) is 30.8 Å². The number of ether oxygens (including phenoxy) is 1. The fourth-order valence-electron chi connectivity index (χ4n) is 4.06. The normalized spacial score (nSPS) is 16.6. The zero-order valence-electron chi connectivity index (χ0n) is 16.4. The van der Waals surface area contributed by atoms with Gasteiger partial charge in [0.05, 0.1) is 7.11 Å². The molecule has 0 saturated carbocycles. The summed E-state index contributed by atoms with van der Waals surface area (Å²) in [5.41, 5.74) is 2.64. The van der Waals surface area contributed by atoms with Gasteiger partial charge < -0.3 is 9.64 Å². The van der Waals surface area contributed by atoms with E-state index in [0.29, 0.717) is 25.1 Å². The molecule has 8 heteroatoms. The summed E-state index contributed by atoms with van der Waals surface area (Å²) in [5, 5.41) is 5.90. The van der Waals surface area contributed by atoms with Crippen LogP contribution in [0.1, 0.15) is 40.1 Å². The van der Waals surface area contributed by atoms with Crippen molar-refractivity contribution in [2.75, 3.05) is 14.2 Å². The first kappa shape index (κ1) is 20.2. The maximum absolute atomic E-state index is 13.1. The molecule has 2 aromatic rings. The number of carbonyl (C=O) groups is 1. The molecule has 1 heterocycles. The van der Waals surface area contributed by atoms with Gasteiger partial charge in [-0.25, -0.2) is 0 Å². The molecule has 1 aromatic carbocycles. The van der Waals surface area contributed by atoms with Gasteiger partial charge in [-0.1, -0.05) is 12.1 Å². The predicted octanol–water partition coefficient (Wildman–Crippen LogP) is 3.82. The van der Waals surface area contributed by atoms with Crippen LogP contribution in [0.5, 0.6) is 5.75 Å². The molecular weight excluding hydrogens is 371 g/mol. The van der Waals surface area contributed by atoms with E-state index < -0.39 is 17.8 Å². The van der Waals surface area contributed by atoms with Crippen molar-refractivity contribution in [3.8, 4) is 5.75 Å². The Morgan fingerprint density at radius 1 is 1.32 bits per heavy atom. The van der Waals surface area contributed by atoms with Crippen LogP contribution < -0.4 is 4.74 Å². The molecule has 1 aromatic heterocycles. The Bertz CT molecular complexity index is 866. The van der Waals surface area contributed by atoms with Crippen molar-refractivity contribution in [3.05, 3.63) is 45.8 Å².